The fourth-order valence-electron chi connectivity index (χ4n) is 2.32. The Morgan fingerprint density at radius 1 is 1.18 bits per heavy atom. The van der Waals surface area contributed by atoms with E-state index in [1.165, 1.54) is 0 Å². The average Bonchev–Trinajstić information content (AvgIpc) is 3.15. The van der Waals surface area contributed by atoms with Gasteiger partial charge in [-0.3, -0.25) is 0 Å². The third-order valence-electron chi connectivity index (χ3n) is 3.68. The molecule has 3 heterocycles. The van der Waals surface area contributed by atoms with Gasteiger partial charge < -0.3 is 4.84 Å². The number of rotatable bonds is 4. The van der Waals surface area contributed by atoms with Crippen LogP contribution in [0.3, 0.4) is 0 Å². The van der Waals surface area contributed by atoms with Crippen molar-refractivity contribution >= 4 is 5.71 Å². The summed E-state index contributed by atoms with van der Waals surface area (Å²) < 4.78 is 1.78. The largest absolute Gasteiger partial charge is 0.384 e. The summed E-state index contributed by atoms with van der Waals surface area (Å²) >= 11 is 0. The summed E-state index contributed by atoms with van der Waals surface area (Å²) in [6.07, 6.45) is 2.31. The first-order chi connectivity index (χ1) is 10.6. The summed E-state index contributed by atoms with van der Waals surface area (Å²) in [4.78, 5) is 14.7. The highest BCUT2D eigenvalue weighted by Crippen LogP contribution is 2.30. The van der Waals surface area contributed by atoms with Crippen molar-refractivity contribution in [3.8, 4) is 5.82 Å². The SMILES string of the molecule is CC(C)C1=NOC(c2nc(C(C)C)nn2-c2ccccn2)C1. The molecule has 6 nitrogen and oxygen atoms in total. The molecule has 0 radical (unpaired) electrons. The number of aromatic nitrogens is 4. The van der Waals surface area contributed by atoms with Gasteiger partial charge in [0.1, 0.15) is 0 Å². The zero-order valence-electron chi connectivity index (χ0n) is 13.4. The van der Waals surface area contributed by atoms with Crippen molar-refractivity contribution < 1.29 is 4.84 Å². The smallest absolute Gasteiger partial charge is 0.192 e. The van der Waals surface area contributed by atoms with Crippen LogP contribution in [0.4, 0.5) is 0 Å². The van der Waals surface area contributed by atoms with E-state index in [9.17, 15) is 0 Å². The third kappa shape index (κ3) is 2.73. The molecule has 2 aromatic rings. The molecule has 6 heteroatoms. The lowest BCUT2D eigenvalue weighted by molar-refractivity contribution is 0.0773. The zero-order valence-corrected chi connectivity index (χ0v) is 13.4. The molecule has 1 aliphatic rings. The Balaban J connectivity index is 1.97. The molecule has 0 N–H and O–H groups in total. The van der Waals surface area contributed by atoms with Crippen molar-refractivity contribution in [1.82, 2.24) is 19.7 Å². The maximum absolute atomic E-state index is 5.61. The van der Waals surface area contributed by atoms with Crippen LogP contribution in [0.25, 0.3) is 5.82 Å². The van der Waals surface area contributed by atoms with Crippen LogP contribution < -0.4 is 0 Å². The normalized spacial score (nSPS) is 17.9. The molecule has 2 aromatic heterocycles. The van der Waals surface area contributed by atoms with Gasteiger partial charge in [-0.2, -0.15) is 4.68 Å². The van der Waals surface area contributed by atoms with Crippen LogP contribution in [-0.4, -0.2) is 25.5 Å². The van der Waals surface area contributed by atoms with E-state index in [2.05, 4.69) is 47.9 Å². The molecular weight excluding hydrogens is 278 g/mol. The van der Waals surface area contributed by atoms with E-state index in [1.807, 2.05) is 18.2 Å². The highest BCUT2D eigenvalue weighted by Gasteiger charge is 2.30. The molecule has 0 amide bonds. The summed E-state index contributed by atoms with van der Waals surface area (Å²) in [6, 6.07) is 5.74. The van der Waals surface area contributed by atoms with Crippen molar-refractivity contribution in [2.45, 2.75) is 46.1 Å². The molecule has 0 fully saturated rings. The van der Waals surface area contributed by atoms with Crippen LogP contribution in [0.15, 0.2) is 29.6 Å². The van der Waals surface area contributed by atoms with Gasteiger partial charge in [0.15, 0.2) is 23.6 Å². The van der Waals surface area contributed by atoms with E-state index in [1.54, 1.807) is 10.9 Å². The Morgan fingerprint density at radius 2 is 2.00 bits per heavy atom. The lowest BCUT2D eigenvalue weighted by Crippen LogP contribution is -2.12. The van der Waals surface area contributed by atoms with Crippen LogP contribution in [0, 0.1) is 5.92 Å². The van der Waals surface area contributed by atoms with E-state index in [0.29, 0.717) is 5.92 Å². The van der Waals surface area contributed by atoms with E-state index >= 15 is 0 Å². The first-order valence-electron chi connectivity index (χ1n) is 7.67. The van der Waals surface area contributed by atoms with Crippen LogP contribution in [-0.2, 0) is 4.84 Å². The van der Waals surface area contributed by atoms with Gasteiger partial charge in [-0.25, -0.2) is 9.97 Å². The Hall–Kier alpha value is -2.24. The monoisotopic (exact) mass is 299 g/mol. The molecule has 1 atom stereocenters. The maximum Gasteiger partial charge on any atom is 0.192 e. The van der Waals surface area contributed by atoms with Gasteiger partial charge >= 0.3 is 0 Å². The molecule has 3 rings (SSSR count). The van der Waals surface area contributed by atoms with Crippen LogP contribution in [0.1, 0.15) is 57.8 Å². The zero-order chi connectivity index (χ0) is 15.7. The average molecular weight is 299 g/mol. The summed E-state index contributed by atoms with van der Waals surface area (Å²) in [5.41, 5.74) is 1.06. The van der Waals surface area contributed by atoms with Gasteiger partial charge in [-0.1, -0.05) is 38.9 Å². The molecule has 1 aliphatic heterocycles. The van der Waals surface area contributed by atoms with Crippen LogP contribution >= 0.6 is 0 Å². The second kappa shape index (κ2) is 5.87. The molecule has 0 spiro atoms. The van der Waals surface area contributed by atoms with E-state index in [4.69, 9.17) is 4.84 Å². The van der Waals surface area contributed by atoms with Gasteiger partial charge in [-0.15, -0.1) is 5.10 Å². The Morgan fingerprint density at radius 3 is 2.59 bits per heavy atom. The summed E-state index contributed by atoms with van der Waals surface area (Å²) in [6.45, 7) is 8.39. The number of nitrogens with zero attached hydrogens (tertiary/aromatic N) is 5. The minimum Gasteiger partial charge on any atom is -0.384 e. The maximum atomic E-state index is 5.61. The molecular formula is C16H21N5O. The summed E-state index contributed by atoms with van der Waals surface area (Å²) in [5.74, 6) is 2.93. The van der Waals surface area contributed by atoms with E-state index in [0.717, 1.165) is 29.6 Å². The number of oxime groups is 1. The van der Waals surface area contributed by atoms with Crippen molar-refractivity contribution in [3.05, 3.63) is 36.0 Å². The van der Waals surface area contributed by atoms with E-state index in [-0.39, 0.29) is 12.0 Å². The lowest BCUT2D eigenvalue weighted by atomic mass is 10.0. The molecule has 0 aliphatic carbocycles. The van der Waals surface area contributed by atoms with Gasteiger partial charge in [0.05, 0.1) is 5.71 Å². The highest BCUT2D eigenvalue weighted by atomic mass is 16.6. The van der Waals surface area contributed by atoms with Crippen molar-refractivity contribution in [2.24, 2.45) is 11.1 Å². The molecule has 1 unspecified atom stereocenters. The molecule has 0 bridgehead atoms. The van der Waals surface area contributed by atoms with Crippen LogP contribution in [0.2, 0.25) is 0 Å². The number of pyridine rings is 1. The molecule has 0 aromatic carbocycles. The minimum absolute atomic E-state index is 0.195. The molecule has 0 saturated heterocycles. The second-order valence-electron chi connectivity index (χ2n) is 6.12. The van der Waals surface area contributed by atoms with Crippen molar-refractivity contribution in [2.75, 3.05) is 0 Å². The molecule has 0 saturated carbocycles. The first-order valence-corrected chi connectivity index (χ1v) is 7.67. The first kappa shape index (κ1) is 14.7. The predicted octanol–water partition coefficient (Wildman–Crippen LogP) is 3.26. The topological polar surface area (TPSA) is 65.2 Å². The lowest BCUT2D eigenvalue weighted by Gasteiger charge is -2.09. The summed E-state index contributed by atoms with van der Waals surface area (Å²) in [5, 5.41) is 8.80. The quantitative estimate of drug-likeness (QED) is 0.869. The Bertz CT molecular complexity index is 675. The van der Waals surface area contributed by atoms with Crippen LogP contribution in [0.5, 0.6) is 0 Å². The van der Waals surface area contributed by atoms with Gasteiger partial charge in [0.2, 0.25) is 0 Å². The minimum atomic E-state index is -0.195. The van der Waals surface area contributed by atoms with Gasteiger partial charge in [0, 0.05) is 18.5 Å². The van der Waals surface area contributed by atoms with Crippen molar-refractivity contribution in [1.29, 1.82) is 0 Å². The highest BCUT2D eigenvalue weighted by molar-refractivity contribution is 5.87. The standard InChI is InChI=1S/C16H21N5O/c1-10(2)12-9-13(22-20-12)16-18-15(11(3)4)19-21(16)14-7-5-6-8-17-14/h5-8,10-11,13H,9H2,1-4H3. The van der Waals surface area contributed by atoms with E-state index < -0.39 is 0 Å². The van der Waals surface area contributed by atoms with Crippen molar-refractivity contribution in [3.63, 3.8) is 0 Å². The third-order valence-corrected chi connectivity index (χ3v) is 3.68. The number of hydrogen-bond donors (Lipinski definition) is 0. The second-order valence-corrected chi connectivity index (χ2v) is 6.12. The summed E-state index contributed by atoms with van der Waals surface area (Å²) in [7, 11) is 0. The number of hydrogen-bond acceptors (Lipinski definition) is 5. The fraction of sp³-hybridized carbons (Fsp3) is 0.500. The predicted molar refractivity (Wildman–Crippen MR) is 84.0 cm³/mol. The van der Waals surface area contributed by atoms with Gasteiger partial charge in [0.25, 0.3) is 0 Å². The molecule has 116 valence electrons. The molecule has 22 heavy (non-hydrogen) atoms. The Labute approximate surface area is 130 Å². The van der Waals surface area contributed by atoms with Gasteiger partial charge in [-0.05, 0) is 18.1 Å². The fourth-order valence-corrected chi connectivity index (χ4v) is 2.32. The Kier molecular flexibility index (Phi) is 3.92.